The lowest BCUT2D eigenvalue weighted by Gasteiger charge is -2.42. The Bertz CT molecular complexity index is 1870. The van der Waals surface area contributed by atoms with Crippen molar-refractivity contribution in [3.8, 4) is 5.75 Å². The Morgan fingerprint density at radius 3 is 2.17 bits per heavy atom. The van der Waals surface area contributed by atoms with E-state index in [0.717, 1.165) is 54.3 Å². The molecule has 53 heavy (non-hydrogen) atoms. The summed E-state index contributed by atoms with van der Waals surface area (Å²) in [5.41, 5.74) is -0.655. The van der Waals surface area contributed by atoms with E-state index in [2.05, 4.69) is 5.32 Å². The summed E-state index contributed by atoms with van der Waals surface area (Å²) in [5, 5.41) is 4.46. The third kappa shape index (κ3) is 9.81. The van der Waals surface area contributed by atoms with E-state index < -0.39 is 39.5 Å². The standard InChI is InChI=1S/C39H49F3N4O6S/c1-38(2,3)52-37(48)43-31-17-20-45(21-18-31)36(47)35-26-44(19-16-27-8-12-30(13-9-27)39(40,41)42)22-23-46(35)53(49,50)34-15-11-28-24-33(14-10-29(28)25-34)51-32-6-4-5-7-32/h8-15,24-25,31-32,35H,4-7,16-23,26H2,1-3H3,(H,43,48)/t35-/m0/s1. The lowest BCUT2D eigenvalue weighted by molar-refractivity contribution is -0.138. The second-order valence-corrected chi connectivity index (χ2v) is 17.2. The smallest absolute Gasteiger partial charge is 0.416 e. The summed E-state index contributed by atoms with van der Waals surface area (Å²) in [6, 6.07) is 14.4. The van der Waals surface area contributed by atoms with Crippen molar-refractivity contribution in [2.75, 3.05) is 39.3 Å². The number of hydrogen-bond acceptors (Lipinski definition) is 7. The number of hydrogen-bond donors (Lipinski definition) is 1. The number of likely N-dealkylation sites (tertiary alicyclic amines) is 1. The minimum atomic E-state index is -4.43. The number of amides is 2. The second kappa shape index (κ2) is 15.8. The number of benzene rings is 3. The number of nitrogens with one attached hydrogen (secondary N) is 1. The van der Waals surface area contributed by atoms with Crippen LogP contribution in [0.1, 0.15) is 70.4 Å². The van der Waals surface area contributed by atoms with E-state index in [4.69, 9.17) is 9.47 Å². The fourth-order valence-electron chi connectivity index (χ4n) is 7.36. The number of carbonyl (C=O) groups excluding carboxylic acids is 2. The van der Waals surface area contributed by atoms with Gasteiger partial charge in [-0.2, -0.15) is 17.5 Å². The molecule has 2 amide bonds. The molecule has 3 aliphatic rings. The van der Waals surface area contributed by atoms with Gasteiger partial charge in [0.25, 0.3) is 0 Å². The SMILES string of the molecule is CC(C)(C)OC(=O)NC1CCN(C(=O)[C@@H]2CN(CCc3ccc(C(F)(F)F)cc3)CCN2S(=O)(=O)c2ccc3cc(OC4CCCC4)ccc3c2)CC1. The van der Waals surface area contributed by atoms with Crippen molar-refractivity contribution in [1.82, 2.24) is 19.4 Å². The van der Waals surface area contributed by atoms with Crippen molar-refractivity contribution in [1.29, 1.82) is 0 Å². The van der Waals surface area contributed by atoms with Gasteiger partial charge in [-0.15, -0.1) is 0 Å². The van der Waals surface area contributed by atoms with Crippen LogP contribution < -0.4 is 10.1 Å². The van der Waals surface area contributed by atoms with Gasteiger partial charge >= 0.3 is 12.3 Å². The quantitative estimate of drug-likeness (QED) is 0.262. The van der Waals surface area contributed by atoms with Crippen LogP contribution in [-0.4, -0.2) is 97.6 Å². The van der Waals surface area contributed by atoms with Crippen molar-refractivity contribution in [2.45, 2.75) is 101 Å². The van der Waals surface area contributed by atoms with Crippen molar-refractivity contribution in [2.24, 2.45) is 0 Å². The van der Waals surface area contributed by atoms with Gasteiger partial charge in [-0.25, -0.2) is 13.2 Å². The zero-order chi connectivity index (χ0) is 38.0. The number of piperazine rings is 1. The molecule has 6 rings (SSSR count). The van der Waals surface area contributed by atoms with Gasteiger partial charge in [0.15, 0.2) is 0 Å². The molecular formula is C39H49F3N4O6S. The number of sulfonamides is 1. The Morgan fingerprint density at radius 2 is 1.51 bits per heavy atom. The molecule has 3 aromatic carbocycles. The maximum Gasteiger partial charge on any atom is 0.416 e. The maximum absolute atomic E-state index is 14.4. The lowest BCUT2D eigenvalue weighted by atomic mass is 10.0. The van der Waals surface area contributed by atoms with E-state index in [-0.39, 0.29) is 36.0 Å². The maximum atomic E-state index is 14.4. The van der Waals surface area contributed by atoms with Gasteiger partial charge in [-0.3, -0.25) is 9.69 Å². The zero-order valence-electron chi connectivity index (χ0n) is 30.5. The van der Waals surface area contributed by atoms with E-state index in [0.29, 0.717) is 51.0 Å². The summed E-state index contributed by atoms with van der Waals surface area (Å²) >= 11 is 0. The number of ether oxygens (including phenoxy) is 2. The van der Waals surface area contributed by atoms with Crippen LogP contribution in [0.25, 0.3) is 10.8 Å². The second-order valence-electron chi connectivity index (χ2n) is 15.3. The van der Waals surface area contributed by atoms with Crippen molar-refractivity contribution < 1.29 is 40.7 Å². The molecule has 1 N–H and O–H groups in total. The monoisotopic (exact) mass is 758 g/mol. The van der Waals surface area contributed by atoms with E-state index in [1.54, 1.807) is 43.9 Å². The average molecular weight is 759 g/mol. The van der Waals surface area contributed by atoms with Crippen LogP contribution in [0.4, 0.5) is 18.0 Å². The predicted octanol–water partition coefficient (Wildman–Crippen LogP) is 6.61. The summed E-state index contributed by atoms with van der Waals surface area (Å²) in [5.74, 6) is 0.432. The van der Waals surface area contributed by atoms with Crippen LogP contribution in [0.5, 0.6) is 5.75 Å². The minimum absolute atomic E-state index is 0.0641. The first-order chi connectivity index (χ1) is 25.0. The molecule has 0 bridgehead atoms. The molecule has 2 saturated heterocycles. The van der Waals surface area contributed by atoms with Crippen LogP contribution >= 0.6 is 0 Å². The topological polar surface area (TPSA) is 108 Å². The Balaban J connectivity index is 1.18. The van der Waals surface area contributed by atoms with Crippen molar-refractivity contribution in [3.63, 3.8) is 0 Å². The molecule has 3 fully saturated rings. The number of alkyl carbamates (subject to hydrolysis) is 1. The van der Waals surface area contributed by atoms with Gasteiger partial charge in [0.2, 0.25) is 15.9 Å². The largest absolute Gasteiger partial charge is 0.490 e. The molecule has 0 radical (unpaired) electrons. The van der Waals surface area contributed by atoms with Crippen LogP contribution in [-0.2, 0) is 32.2 Å². The predicted molar refractivity (Wildman–Crippen MR) is 195 cm³/mol. The summed E-state index contributed by atoms with van der Waals surface area (Å²) in [4.78, 5) is 30.4. The van der Waals surface area contributed by atoms with Crippen molar-refractivity contribution in [3.05, 3.63) is 71.8 Å². The summed E-state index contributed by atoms with van der Waals surface area (Å²) < 4.78 is 80.9. The number of nitrogens with zero attached hydrogens (tertiary/aromatic N) is 3. The van der Waals surface area contributed by atoms with E-state index >= 15 is 0 Å². The first-order valence-electron chi connectivity index (χ1n) is 18.4. The molecule has 3 aromatic rings. The first-order valence-corrected chi connectivity index (χ1v) is 19.9. The number of piperidine rings is 1. The van der Waals surface area contributed by atoms with Crippen LogP contribution in [0.3, 0.4) is 0 Å². The van der Waals surface area contributed by atoms with Gasteiger partial charge in [0.1, 0.15) is 17.4 Å². The zero-order valence-corrected chi connectivity index (χ0v) is 31.3. The minimum Gasteiger partial charge on any atom is -0.490 e. The highest BCUT2D eigenvalue weighted by Gasteiger charge is 2.42. The summed E-state index contributed by atoms with van der Waals surface area (Å²) in [6.45, 7) is 6.99. The third-order valence-electron chi connectivity index (χ3n) is 10.2. The summed E-state index contributed by atoms with van der Waals surface area (Å²) in [7, 11) is -4.12. The van der Waals surface area contributed by atoms with Gasteiger partial charge in [0.05, 0.1) is 16.6 Å². The first kappa shape index (κ1) is 38.8. The fraction of sp³-hybridized carbons (Fsp3) is 0.538. The number of rotatable bonds is 9. The number of halogens is 3. The van der Waals surface area contributed by atoms with Crippen LogP contribution in [0, 0.1) is 0 Å². The average Bonchev–Trinajstić information content (AvgIpc) is 3.62. The van der Waals surface area contributed by atoms with Gasteiger partial charge in [-0.05, 0) is 118 Å². The molecule has 288 valence electrons. The highest BCUT2D eigenvalue weighted by Crippen LogP contribution is 2.32. The Kier molecular flexibility index (Phi) is 11.6. The van der Waals surface area contributed by atoms with Crippen LogP contribution in [0.2, 0.25) is 0 Å². The molecule has 0 unspecified atom stereocenters. The molecule has 1 saturated carbocycles. The third-order valence-corrected chi connectivity index (χ3v) is 12.1. The highest BCUT2D eigenvalue weighted by atomic mass is 32.2. The number of alkyl halides is 3. The molecule has 2 aliphatic heterocycles. The van der Waals surface area contributed by atoms with E-state index in [1.165, 1.54) is 16.4 Å². The molecular weight excluding hydrogens is 710 g/mol. The molecule has 0 spiro atoms. The fourth-order valence-corrected chi connectivity index (χ4v) is 8.96. The lowest BCUT2D eigenvalue weighted by Crippen LogP contribution is -2.62. The molecule has 2 heterocycles. The number of carbonyl (C=O) groups is 2. The van der Waals surface area contributed by atoms with Gasteiger partial charge in [0, 0.05) is 45.3 Å². The molecule has 1 aliphatic carbocycles. The Morgan fingerprint density at radius 1 is 0.849 bits per heavy atom. The van der Waals surface area contributed by atoms with Gasteiger partial charge in [-0.1, -0.05) is 24.3 Å². The molecule has 14 heteroatoms. The Hall–Kier alpha value is -3.88. The van der Waals surface area contributed by atoms with Crippen LogP contribution in [0.15, 0.2) is 65.6 Å². The Labute approximate surface area is 309 Å². The molecule has 1 atom stereocenters. The van der Waals surface area contributed by atoms with E-state index in [9.17, 15) is 31.2 Å². The molecule has 0 aromatic heterocycles. The number of fused-ring (bicyclic) bond motifs is 1. The highest BCUT2D eigenvalue weighted by molar-refractivity contribution is 7.89. The van der Waals surface area contributed by atoms with E-state index in [1.807, 2.05) is 23.1 Å². The van der Waals surface area contributed by atoms with Crippen molar-refractivity contribution >= 4 is 32.8 Å². The molecule has 10 nitrogen and oxygen atoms in total. The summed E-state index contributed by atoms with van der Waals surface area (Å²) in [6.07, 6.45) is 1.01. The van der Waals surface area contributed by atoms with Gasteiger partial charge < -0.3 is 19.7 Å². The normalized spacial score (nSPS) is 20.1.